The van der Waals surface area contributed by atoms with Crippen LogP contribution in [0.4, 0.5) is 0 Å². The van der Waals surface area contributed by atoms with Crippen molar-refractivity contribution in [3.63, 3.8) is 0 Å². The average Bonchev–Trinajstić information content (AvgIpc) is 3.15. The van der Waals surface area contributed by atoms with Crippen molar-refractivity contribution in [2.24, 2.45) is 0 Å². The molecule has 0 bridgehead atoms. The molecule has 142 valence electrons. The Hall–Kier alpha value is -2.79. The van der Waals surface area contributed by atoms with Gasteiger partial charge in [0.25, 0.3) is 5.91 Å². The molecule has 5 heteroatoms. The first-order chi connectivity index (χ1) is 13.2. The van der Waals surface area contributed by atoms with Gasteiger partial charge in [0.15, 0.2) is 0 Å². The minimum absolute atomic E-state index is 0.0983. The summed E-state index contributed by atoms with van der Waals surface area (Å²) in [6.07, 6.45) is 5.26. The number of benzene rings is 2. The molecule has 2 aromatic carbocycles. The minimum Gasteiger partial charge on any atom is -0.497 e. The first-order valence-electron chi connectivity index (χ1n) is 9.16. The molecule has 1 N–H and O–H groups in total. The van der Waals surface area contributed by atoms with Crippen molar-refractivity contribution in [1.29, 1.82) is 0 Å². The average molecular weight is 366 g/mol. The molecule has 2 aromatic rings. The molecule has 1 aliphatic rings. The molecule has 1 amide bonds. The van der Waals surface area contributed by atoms with Gasteiger partial charge in [0, 0.05) is 37.3 Å². The summed E-state index contributed by atoms with van der Waals surface area (Å²) in [5.74, 6) is 1.12. The second-order valence-electron chi connectivity index (χ2n) is 6.63. The fourth-order valence-corrected chi connectivity index (χ4v) is 3.23. The molecule has 5 nitrogen and oxygen atoms in total. The number of nitrogens with one attached hydrogen (secondary N) is 1. The van der Waals surface area contributed by atoms with Crippen LogP contribution in [0, 0.1) is 0 Å². The summed E-state index contributed by atoms with van der Waals surface area (Å²) in [6, 6.07) is 15.6. The number of hydrogen-bond donors (Lipinski definition) is 1. The Morgan fingerprint density at radius 2 is 1.85 bits per heavy atom. The highest BCUT2D eigenvalue weighted by Crippen LogP contribution is 2.22. The van der Waals surface area contributed by atoms with E-state index in [2.05, 4.69) is 34.5 Å². The van der Waals surface area contributed by atoms with E-state index < -0.39 is 0 Å². The summed E-state index contributed by atoms with van der Waals surface area (Å²) >= 11 is 0. The number of nitrogens with zero attached hydrogens (tertiary/aromatic N) is 1. The standard InChI is InChI=1S/C22H26N2O3/c1-26-20-13-18(14-21(15-20)27-2)22(25)23-19-10-12-24(16-19)11-6-9-17-7-4-3-5-8-17/h3-9,13-15,19H,10-12,16H2,1-2H3,(H,23,25)/b9-6+/t19-/m1/s1. The highest BCUT2D eigenvalue weighted by Gasteiger charge is 2.23. The first kappa shape index (κ1) is 19.0. The summed E-state index contributed by atoms with van der Waals surface area (Å²) in [6.45, 7) is 2.71. The predicted octanol–water partition coefficient (Wildman–Crippen LogP) is 3.22. The molecule has 0 aromatic heterocycles. The number of rotatable bonds is 7. The fraction of sp³-hybridized carbons (Fsp3) is 0.318. The summed E-state index contributed by atoms with van der Waals surface area (Å²) in [7, 11) is 3.16. The lowest BCUT2D eigenvalue weighted by Crippen LogP contribution is -2.37. The molecule has 1 heterocycles. The smallest absolute Gasteiger partial charge is 0.251 e. The Balaban J connectivity index is 1.52. The Morgan fingerprint density at radius 1 is 1.15 bits per heavy atom. The van der Waals surface area contributed by atoms with Crippen molar-refractivity contribution in [2.75, 3.05) is 33.9 Å². The van der Waals surface area contributed by atoms with Crippen LogP contribution in [0.2, 0.25) is 0 Å². The lowest BCUT2D eigenvalue weighted by Gasteiger charge is -2.15. The lowest BCUT2D eigenvalue weighted by atomic mass is 10.1. The van der Waals surface area contributed by atoms with Crippen molar-refractivity contribution >= 4 is 12.0 Å². The van der Waals surface area contributed by atoms with Crippen molar-refractivity contribution in [3.05, 3.63) is 65.7 Å². The van der Waals surface area contributed by atoms with Gasteiger partial charge in [0.2, 0.25) is 0 Å². The maximum atomic E-state index is 12.6. The fourth-order valence-electron chi connectivity index (χ4n) is 3.23. The number of carbonyl (C=O) groups excluding carboxylic acids is 1. The van der Waals surface area contributed by atoms with E-state index in [1.807, 2.05) is 18.2 Å². The monoisotopic (exact) mass is 366 g/mol. The molecule has 1 atom stereocenters. The zero-order chi connectivity index (χ0) is 19.1. The molecule has 0 saturated carbocycles. The van der Waals surface area contributed by atoms with E-state index in [0.717, 1.165) is 26.1 Å². The van der Waals surface area contributed by atoms with E-state index >= 15 is 0 Å². The molecule has 0 spiro atoms. The molecular weight excluding hydrogens is 340 g/mol. The van der Waals surface area contributed by atoms with Crippen LogP contribution in [-0.4, -0.2) is 50.7 Å². The van der Waals surface area contributed by atoms with Gasteiger partial charge in [-0.3, -0.25) is 9.69 Å². The number of carbonyl (C=O) groups is 1. The molecule has 0 radical (unpaired) electrons. The van der Waals surface area contributed by atoms with E-state index in [4.69, 9.17) is 9.47 Å². The summed E-state index contributed by atoms with van der Waals surface area (Å²) in [5, 5.41) is 3.12. The highest BCUT2D eigenvalue weighted by molar-refractivity contribution is 5.95. The maximum absolute atomic E-state index is 12.6. The normalized spacial score (nSPS) is 17.2. The second-order valence-corrected chi connectivity index (χ2v) is 6.63. The molecule has 1 saturated heterocycles. The quantitative estimate of drug-likeness (QED) is 0.817. The minimum atomic E-state index is -0.0983. The van der Waals surface area contributed by atoms with Gasteiger partial charge >= 0.3 is 0 Å². The number of likely N-dealkylation sites (tertiary alicyclic amines) is 1. The number of methoxy groups -OCH3 is 2. The Kier molecular flexibility index (Phi) is 6.49. The summed E-state index contributed by atoms with van der Waals surface area (Å²) < 4.78 is 10.5. The van der Waals surface area contributed by atoms with Gasteiger partial charge in [-0.25, -0.2) is 0 Å². The number of amides is 1. The summed E-state index contributed by atoms with van der Waals surface area (Å²) in [5.41, 5.74) is 1.75. The zero-order valence-electron chi connectivity index (χ0n) is 15.9. The summed E-state index contributed by atoms with van der Waals surface area (Å²) in [4.78, 5) is 14.9. The number of hydrogen-bond acceptors (Lipinski definition) is 4. The van der Waals surface area contributed by atoms with Gasteiger partial charge in [-0.2, -0.15) is 0 Å². The zero-order valence-corrected chi connectivity index (χ0v) is 15.9. The SMILES string of the molecule is COc1cc(OC)cc(C(=O)N[C@@H]2CCN(C/C=C/c3ccccc3)C2)c1. The van der Waals surface area contributed by atoms with Crippen LogP contribution in [0.3, 0.4) is 0 Å². The van der Waals surface area contributed by atoms with Gasteiger partial charge in [-0.15, -0.1) is 0 Å². The highest BCUT2D eigenvalue weighted by atomic mass is 16.5. The van der Waals surface area contributed by atoms with Crippen molar-refractivity contribution in [1.82, 2.24) is 10.2 Å². The Morgan fingerprint density at radius 3 is 2.52 bits per heavy atom. The van der Waals surface area contributed by atoms with E-state index in [9.17, 15) is 4.79 Å². The molecule has 0 aliphatic carbocycles. The molecule has 1 fully saturated rings. The van der Waals surface area contributed by atoms with Crippen LogP contribution in [-0.2, 0) is 0 Å². The largest absolute Gasteiger partial charge is 0.497 e. The van der Waals surface area contributed by atoms with E-state index in [-0.39, 0.29) is 11.9 Å². The van der Waals surface area contributed by atoms with Crippen molar-refractivity contribution in [2.45, 2.75) is 12.5 Å². The first-order valence-corrected chi connectivity index (χ1v) is 9.16. The second kappa shape index (κ2) is 9.24. The van der Waals surface area contributed by atoms with E-state index in [1.165, 1.54) is 5.56 Å². The van der Waals surface area contributed by atoms with Gasteiger partial charge in [0.05, 0.1) is 14.2 Å². The van der Waals surface area contributed by atoms with Crippen molar-refractivity contribution in [3.8, 4) is 11.5 Å². The predicted molar refractivity (Wildman–Crippen MR) is 107 cm³/mol. The van der Waals surface area contributed by atoms with Crippen LogP contribution in [0.25, 0.3) is 6.08 Å². The van der Waals surface area contributed by atoms with Crippen LogP contribution < -0.4 is 14.8 Å². The molecular formula is C22H26N2O3. The third-order valence-corrected chi connectivity index (χ3v) is 4.69. The Bertz CT molecular complexity index is 767. The van der Waals surface area contributed by atoms with Crippen LogP contribution >= 0.6 is 0 Å². The van der Waals surface area contributed by atoms with Crippen molar-refractivity contribution < 1.29 is 14.3 Å². The maximum Gasteiger partial charge on any atom is 0.251 e. The van der Waals surface area contributed by atoms with Gasteiger partial charge in [0.1, 0.15) is 11.5 Å². The van der Waals surface area contributed by atoms with E-state index in [0.29, 0.717) is 17.1 Å². The Labute approximate surface area is 160 Å². The third kappa shape index (κ3) is 5.34. The van der Waals surface area contributed by atoms with Crippen LogP contribution in [0.1, 0.15) is 22.3 Å². The number of ether oxygens (including phenoxy) is 2. The molecule has 1 aliphatic heterocycles. The topological polar surface area (TPSA) is 50.8 Å². The molecule has 3 rings (SSSR count). The lowest BCUT2D eigenvalue weighted by molar-refractivity contribution is 0.0937. The van der Waals surface area contributed by atoms with Gasteiger partial charge < -0.3 is 14.8 Å². The van der Waals surface area contributed by atoms with E-state index in [1.54, 1.807) is 32.4 Å². The molecule has 27 heavy (non-hydrogen) atoms. The van der Waals surface area contributed by atoms with Crippen LogP contribution in [0.15, 0.2) is 54.6 Å². The molecule has 0 unspecified atom stereocenters. The third-order valence-electron chi connectivity index (χ3n) is 4.69. The van der Waals surface area contributed by atoms with Gasteiger partial charge in [-0.1, -0.05) is 42.5 Å². The van der Waals surface area contributed by atoms with Gasteiger partial charge in [-0.05, 0) is 24.1 Å². The van der Waals surface area contributed by atoms with Crippen LogP contribution in [0.5, 0.6) is 11.5 Å².